The Kier molecular flexibility index (Phi) is 4.06. The van der Waals surface area contributed by atoms with E-state index in [1.807, 2.05) is 56.3 Å². The molecule has 1 amide bonds. The number of amides is 1. The summed E-state index contributed by atoms with van der Waals surface area (Å²) in [6, 6.07) is 15.9. The molecule has 0 atom stereocenters. The molecule has 0 aliphatic carbocycles. The molecule has 0 saturated heterocycles. The molecule has 23 heavy (non-hydrogen) atoms. The summed E-state index contributed by atoms with van der Waals surface area (Å²) in [4.78, 5) is 17.6. The minimum Gasteiger partial charge on any atom is -0.378 e. The number of aromatic nitrogens is 1. The zero-order valence-corrected chi connectivity index (χ0v) is 13.7. The van der Waals surface area contributed by atoms with E-state index >= 15 is 0 Å². The Bertz CT molecular complexity index is 849. The molecule has 3 rings (SSSR count). The molecule has 3 aromatic rings. The quantitative estimate of drug-likeness (QED) is 0.775. The molecule has 1 aromatic heterocycles. The first-order valence-electron chi connectivity index (χ1n) is 7.67. The predicted octanol–water partition coefficient (Wildman–Crippen LogP) is 3.47. The fourth-order valence-electron chi connectivity index (χ4n) is 2.65. The lowest BCUT2D eigenvalue weighted by molar-refractivity contribution is 0.0951. The molecule has 0 fully saturated rings. The van der Waals surface area contributed by atoms with Crippen LogP contribution in [-0.4, -0.2) is 25.0 Å². The van der Waals surface area contributed by atoms with Gasteiger partial charge in [-0.05, 0) is 54.3 Å². The smallest absolute Gasteiger partial charge is 0.251 e. The fourth-order valence-corrected chi connectivity index (χ4v) is 2.65. The van der Waals surface area contributed by atoms with Crippen molar-refractivity contribution in [2.45, 2.75) is 13.5 Å². The van der Waals surface area contributed by atoms with Gasteiger partial charge in [0.2, 0.25) is 0 Å². The second-order valence-electron chi connectivity index (χ2n) is 6.00. The number of rotatable bonds is 4. The van der Waals surface area contributed by atoms with Crippen LogP contribution in [0.3, 0.4) is 0 Å². The Morgan fingerprint density at radius 2 is 1.96 bits per heavy atom. The number of carbonyl (C=O) groups excluding carboxylic acids is 1. The second kappa shape index (κ2) is 6.16. The zero-order valence-electron chi connectivity index (χ0n) is 13.7. The topological polar surface area (TPSA) is 48.1 Å². The van der Waals surface area contributed by atoms with Crippen LogP contribution in [-0.2, 0) is 6.54 Å². The second-order valence-corrected chi connectivity index (χ2v) is 6.00. The minimum atomic E-state index is -0.0564. The number of carbonyl (C=O) groups is 1. The highest BCUT2D eigenvalue weighted by Crippen LogP contribution is 2.17. The Balaban J connectivity index is 1.71. The molecule has 0 bridgehead atoms. The number of anilines is 1. The van der Waals surface area contributed by atoms with Crippen molar-refractivity contribution in [2.75, 3.05) is 19.0 Å². The van der Waals surface area contributed by atoms with E-state index in [1.165, 1.54) is 5.39 Å². The maximum absolute atomic E-state index is 12.3. The SMILES string of the molecule is Cc1cc2cc(CNC(=O)c3cccc(N(C)C)c3)ccc2[nH]1. The number of nitrogens with zero attached hydrogens (tertiary/aromatic N) is 1. The molecule has 2 aromatic carbocycles. The van der Waals surface area contributed by atoms with E-state index in [-0.39, 0.29) is 5.91 Å². The number of nitrogens with one attached hydrogen (secondary N) is 2. The summed E-state index contributed by atoms with van der Waals surface area (Å²) in [5, 5.41) is 4.16. The molecule has 4 nitrogen and oxygen atoms in total. The van der Waals surface area contributed by atoms with Crippen molar-refractivity contribution < 1.29 is 4.79 Å². The predicted molar refractivity (Wildman–Crippen MR) is 95.0 cm³/mol. The van der Waals surface area contributed by atoms with Crippen LogP contribution in [0.4, 0.5) is 5.69 Å². The first-order chi connectivity index (χ1) is 11.0. The van der Waals surface area contributed by atoms with Crippen molar-refractivity contribution in [1.29, 1.82) is 0 Å². The third-order valence-corrected chi connectivity index (χ3v) is 3.90. The van der Waals surface area contributed by atoms with Crippen LogP contribution in [0.1, 0.15) is 21.6 Å². The highest BCUT2D eigenvalue weighted by Gasteiger charge is 2.07. The number of hydrogen-bond acceptors (Lipinski definition) is 2. The molecular formula is C19H21N3O. The largest absolute Gasteiger partial charge is 0.378 e. The van der Waals surface area contributed by atoms with E-state index in [0.29, 0.717) is 12.1 Å². The van der Waals surface area contributed by atoms with Crippen LogP contribution in [0.5, 0.6) is 0 Å². The maximum atomic E-state index is 12.3. The number of aromatic amines is 1. The van der Waals surface area contributed by atoms with Crippen molar-refractivity contribution >= 4 is 22.5 Å². The zero-order chi connectivity index (χ0) is 16.4. The molecule has 0 spiro atoms. The van der Waals surface area contributed by atoms with Gasteiger partial charge >= 0.3 is 0 Å². The fraction of sp³-hybridized carbons (Fsp3) is 0.211. The van der Waals surface area contributed by atoms with Gasteiger partial charge in [-0.15, -0.1) is 0 Å². The molecule has 0 unspecified atom stereocenters. The molecule has 0 radical (unpaired) electrons. The van der Waals surface area contributed by atoms with E-state index in [2.05, 4.69) is 28.5 Å². The molecule has 118 valence electrons. The summed E-state index contributed by atoms with van der Waals surface area (Å²) in [7, 11) is 3.93. The highest BCUT2D eigenvalue weighted by molar-refractivity contribution is 5.95. The summed E-state index contributed by atoms with van der Waals surface area (Å²) in [5.41, 5.74) is 5.04. The standard InChI is InChI=1S/C19H21N3O/c1-13-9-16-10-14(7-8-18(16)21-13)12-20-19(23)15-5-4-6-17(11-15)22(2)3/h4-11,21H,12H2,1-3H3,(H,20,23). The van der Waals surface area contributed by atoms with Gasteiger partial charge in [-0.25, -0.2) is 0 Å². The summed E-state index contributed by atoms with van der Waals surface area (Å²) in [6.45, 7) is 2.56. The van der Waals surface area contributed by atoms with Crippen molar-refractivity contribution in [3.8, 4) is 0 Å². The van der Waals surface area contributed by atoms with Crippen LogP contribution in [0.2, 0.25) is 0 Å². The Labute approximate surface area is 136 Å². The Morgan fingerprint density at radius 1 is 1.13 bits per heavy atom. The van der Waals surface area contributed by atoms with Crippen LogP contribution in [0.25, 0.3) is 10.9 Å². The van der Waals surface area contributed by atoms with Gasteiger partial charge in [0.1, 0.15) is 0 Å². The van der Waals surface area contributed by atoms with Gasteiger partial charge in [0.15, 0.2) is 0 Å². The van der Waals surface area contributed by atoms with E-state index in [9.17, 15) is 4.79 Å². The third kappa shape index (κ3) is 3.37. The number of H-pyrrole nitrogens is 1. The van der Waals surface area contributed by atoms with E-state index in [1.54, 1.807) is 0 Å². The van der Waals surface area contributed by atoms with E-state index in [4.69, 9.17) is 0 Å². The van der Waals surface area contributed by atoms with Crippen molar-refractivity contribution in [3.05, 3.63) is 65.4 Å². The molecule has 0 saturated carbocycles. The van der Waals surface area contributed by atoms with Gasteiger partial charge in [-0.3, -0.25) is 4.79 Å². The first-order valence-corrected chi connectivity index (χ1v) is 7.67. The average molecular weight is 307 g/mol. The van der Waals surface area contributed by atoms with Gasteiger partial charge in [-0.2, -0.15) is 0 Å². The van der Waals surface area contributed by atoms with Gasteiger partial charge in [-0.1, -0.05) is 12.1 Å². The number of fused-ring (bicyclic) bond motifs is 1. The molecular weight excluding hydrogens is 286 g/mol. The molecule has 0 aliphatic heterocycles. The summed E-state index contributed by atoms with van der Waals surface area (Å²) in [6.07, 6.45) is 0. The first kappa shape index (κ1) is 15.2. The van der Waals surface area contributed by atoms with Crippen LogP contribution >= 0.6 is 0 Å². The monoisotopic (exact) mass is 307 g/mol. The van der Waals surface area contributed by atoms with Crippen molar-refractivity contribution in [3.63, 3.8) is 0 Å². The Hall–Kier alpha value is -2.75. The number of benzene rings is 2. The number of hydrogen-bond donors (Lipinski definition) is 2. The number of aryl methyl sites for hydroxylation is 1. The van der Waals surface area contributed by atoms with Crippen LogP contribution in [0.15, 0.2) is 48.5 Å². The van der Waals surface area contributed by atoms with Gasteiger partial charge in [0, 0.05) is 43.1 Å². The molecule has 1 heterocycles. The van der Waals surface area contributed by atoms with Gasteiger partial charge in [0.25, 0.3) is 5.91 Å². The van der Waals surface area contributed by atoms with Crippen molar-refractivity contribution in [2.24, 2.45) is 0 Å². The van der Waals surface area contributed by atoms with Crippen LogP contribution in [0, 0.1) is 6.92 Å². The maximum Gasteiger partial charge on any atom is 0.251 e. The normalized spacial score (nSPS) is 10.7. The van der Waals surface area contributed by atoms with Crippen molar-refractivity contribution in [1.82, 2.24) is 10.3 Å². The lowest BCUT2D eigenvalue weighted by Gasteiger charge is -2.13. The summed E-state index contributed by atoms with van der Waals surface area (Å²) < 4.78 is 0. The summed E-state index contributed by atoms with van der Waals surface area (Å²) >= 11 is 0. The molecule has 4 heteroatoms. The van der Waals surface area contributed by atoms with Crippen LogP contribution < -0.4 is 10.2 Å². The molecule has 2 N–H and O–H groups in total. The van der Waals surface area contributed by atoms with E-state index < -0.39 is 0 Å². The van der Waals surface area contributed by atoms with Gasteiger partial charge < -0.3 is 15.2 Å². The minimum absolute atomic E-state index is 0.0564. The van der Waals surface area contributed by atoms with E-state index in [0.717, 1.165) is 22.5 Å². The molecule has 0 aliphatic rings. The Morgan fingerprint density at radius 3 is 2.74 bits per heavy atom. The summed E-state index contributed by atoms with van der Waals surface area (Å²) in [5.74, 6) is -0.0564. The third-order valence-electron chi connectivity index (χ3n) is 3.90. The average Bonchev–Trinajstić information content (AvgIpc) is 2.91. The highest BCUT2D eigenvalue weighted by atomic mass is 16.1. The van der Waals surface area contributed by atoms with Gasteiger partial charge in [0.05, 0.1) is 0 Å². The lowest BCUT2D eigenvalue weighted by atomic mass is 10.1. The lowest BCUT2D eigenvalue weighted by Crippen LogP contribution is -2.23.